The lowest BCUT2D eigenvalue weighted by atomic mass is 9.79. The SMILES string of the molecule is CCn1cc(COc2cc(F)ccc2[B-](F)(F)F)cn1. The highest BCUT2D eigenvalue weighted by molar-refractivity contribution is 6.74. The number of benzene rings is 1. The molecule has 0 aliphatic rings. The molecule has 0 spiro atoms. The Balaban J connectivity index is 2.18. The molecule has 1 aromatic carbocycles. The Morgan fingerprint density at radius 3 is 2.65 bits per heavy atom. The van der Waals surface area contributed by atoms with Gasteiger partial charge in [0.25, 0.3) is 0 Å². The van der Waals surface area contributed by atoms with Gasteiger partial charge < -0.3 is 17.7 Å². The molecule has 0 bridgehead atoms. The largest absolute Gasteiger partial charge is 0.513 e. The first-order chi connectivity index (χ1) is 9.40. The zero-order valence-corrected chi connectivity index (χ0v) is 10.7. The molecule has 8 heteroatoms. The van der Waals surface area contributed by atoms with Crippen molar-refractivity contribution in [3.05, 3.63) is 42.0 Å². The second kappa shape index (κ2) is 5.56. The highest BCUT2D eigenvalue weighted by Gasteiger charge is 2.29. The van der Waals surface area contributed by atoms with Gasteiger partial charge in [-0.15, -0.1) is 0 Å². The van der Waals surface area contributed by atoms with Gasteiger partial charge in [-0.1, -0.05) is 11.5 Å². The number of halogens is 4. The Morgan fingerprint density at radius 2 is 2.05 bits per heavy atom. The van der Waals surface area contributed by atoms with Crippen LogP contribution >= 0.6 is 0 Å². The molecule has 0 saturated carbocycles. The summed E-state index contributed by atoms with van der Waals surface area (Å²) in [6.07, 6.45) is 3.17. The second-order valence-electron chi connectivity index (χ2n) is 4.25. The van der Waals surface area contributed by atoms with Gasteiger partial charge in [0.2, 0.25) is 0 Å². The van der Waals surface area contributed by atoms with Crippen LogP contribution in [0.5, 0.6) is 5.75 Å². The molecule has 0 unspecified atom stereocenters. The summed E-state index contributed by atoms with van der Waals surface area (Å²) in [4.78, 5) is 0. The van der Waals surface area contributed by atoms with Crippen molar-refractivity contribution in [3.8, 4) is 5.75 Å². The lowest BCUT2D eigenvalue weighted by Crippen LogP contribution is -2.35. The molecule has 0 aliphatic heterocycles. The maximum absolute atomic E-state index is 13.1. The van der Waals surface area contributed by atoms with Crippen molar-refractivity contribution < 1.29 is 22.1 Å². The summed E-state index contributed by atoms with van der Waals surface area (Å²) in [6, 6.07) is 2.21. The Morgan fingerprint density at radius 1 is 1.30 bits per heavy atom. The lowest BCUT2D eigenvalue weighted by Gasteiger charge is -2.19. The van der Waals surface area contributed by atoms with E-state index in [-0.39, 0.29) is 6.61 Å². The predicted octanol–water partition coefficient (Wildman–Crippen LogP) is 2.68. The van der Waals surface area contributed by atoms with Crippen LogP contribution in [0, 0.1) is 5.82 Å². The summed E-state index contributed by atoms with van der Waals surface area (Å²) in [6.45, 7) is -2.81. The van der Waals surface area contributed by atoms with E-state index in [0.29, 0.717) is 18.2 Å². The zero-order chi connectivity index (χ0) is 14.8. The van der Waals surface area contributed by atoms with Crippen molar-refractivity contribution in [3.63, 3.8) is 0 Å². The minimum atomic E-state index is -5.25. The van der Waals surface area contributed by atoms with Crippen LogP contribution in [0.1, 0.15) is 12.5 Å². The average molecular weight is 287 g/mol. The number of hydrogen-bond donors (Lipinski definition) is 0. The van der Waals surface area contributed by atoms with E-state index in [1.165, 1.54) is 6.20 Å². The van der Waals surface area contributed by atoms with Crippen molar-refractivity contribution in [1.82, 2.24) is 9.78 Å². The van der Waals surface area contributed by atoms with E-state index in [0.717, 1.165) is 12.1 Å². The van der Waals surface area contributed by atoms with E-state index in [1.54, 1.807) is 10.9 Å². The van der Waals surface area contributed by atoms with Gasteiger partial charge in [0.1, 0.15) is 12.4 Å². The Hall–Kier alpha value is -1.99. The predicted molar refractivity (Wildman–Crippen MR) is 67.3 cm³/mol. The molecule has 2 aromatic rings. The minimum Gasteiger partial charge on any atom is -0.492 e. The summed E-state index contributed by atoms with van der Waals surface area (Å²) >= 11 is 0. The molecule has 1 aromatic heterocycles. The van der Waals surface area contributed by atoms with Crippen LogP contribution in [0.3, 0.4) is 0 Å². The molecule has 0 atom stereocenters. The molecule has 0 amide bonds. The molecule has 20 heavy (non-hydrogen) atoms. The highest BCUT2D eigenvalue weighted by Crippen LogP contribution is 2.20. The Labute approximate surface area is 113 Å². The summed E-state index contributed by atoms with van der Waals surface area (Å²) in [5.74, 6) is -1.27. The monoisotopic (exact) mass is 287 g/mol. The quantitative estimate of drug-likeness (QED) is 0.624. The molecule has 1 heterocycles. The van der Waals surface area contributed by atoms with E-state index >= 15 is 0 Å². The fourth-order valence-corrected chi connectivity index (χ4v) is 1.72. The number of nitrogens with zero attached hydrogens (tertiary/aromatic N) is 2. The molecule has 3 nitrogen and oxygen atoms in total. The molecule has 0 aliphatic carbocycles. The van der Waals surface area contributed by atoms with Crippen molar-refractivity contribution in [1.29, 1.82) is 0 Å². The molecular formula is C12H12BF4N2O-. The van der Waals surface area contributed by atoms with Crippen molar-refractivity contribution in [2.24, 2.45) is 0 Å². The molecule has 0 saturated heterocycles. The third-order valence-electron chi connectivity index (χ3n) is 2.73. The van der Waals surface area contributed by atoms with E-state index in [9.17, 15) is 17.3 Å². The molecular weight excluding hydrogens is 275 g/mol. The van der Waals surface area contributed by atoms with Crippen molar-refractivity contribution in [2.75, 3.05) is 0 Å². The standard InChI is InChI=1S/C12H12BF4N2O/c1-2-19-7-9(6-18-19)8-20-12-5-10(14)3-4-11(12)13(15,16)17/h3-7H,2,8H2,1H3/q-1. The van der Waals surface area contributed by atoms with Crippen LogP contribution < -0.4 is 10.2 Å². The summed E-state index contributed by atoms with van der Waals surface area (Å²) in [5.41, 5.74) is -0.314. The molecule has 0 radical (unpaired) electrons. The van der Waals surface area contributed by atoms with Crippen LogP contribution in [0.2, 0.25) is 0 Å². The average Bonchev–Trinajstić information content (AvgIpc) is 2.83. The number of aromatic nitrogens is 2. The number of ether oxygens (including phenoxy) is 1. The zero-order valence-electron chi connectivity index (χ0n) is 10.7. The van der Waals surface area contributed by atoms with Gasteiger partial charge in [-0.25, -0.2) is 4.39 Å². The van der Waals surface area contributed by atoms with Gasteiger partial charge in [0.15, 0.2) is 0 Å². The van der Waals surface area contributed by atoms with Crippen molar-refractivity contribution >= 4 is 12.4 Å². The van der Waals surface area contributed by atoms with E-state index in [4.69, 9.17) is 4.74 Å². The third kappa shape index (κ3) is 3.31. The first-order valence-electron chi connectivity index (χ1n) is 6.03. The summed E-state index contributed by atoms with van der Waals surface area (Å²) < 4.78 is 58.2. The summed E-state index contributed by atoms with van der Waals surface area (Å²) in [7, 11) is 0. The van der Waals surface area contributed by atoms with Crippen LogP contribution in [0.15, 0.2) is 30.6 Å². The maximum Gasteiger partial charge on any atom is 0.513 e. The third-order valence-corrected chi connectivity index (χ3v) is 2.73. The summed E-state index contributed by atoms with van der Waals surface area (Å²) in [5, 5.41) is 3.98. The van der Waals surface area contributed by atoms with Crippen LogP contribution in [0.4, 0.5) is 17.3 Å². The Bertz CT molecular complexity index is 597. The van der Waals surface area contributed by atoms with Crippen LogP contribution in [-0.4, -0.2) is 16.8 Å². The number of rotatable bonds is 5. The van der Waals surface area contributed by atoms with E-state index in [1.807, 2.05) is 6.92 Å². The van der Waals surface area contributed by atoms with Gasteiger partial charge in [-0.3, -0.25) is 4.68 Å². The topological polar surface area (TPSA) is 27.1 Å². The Kier molecular flexibility index (Phi) is 4.01. The van der Waals surface area contributed by atoms with Gasteiger partial charge in [0, 0.05) is 24.4 Å². The van der Waals surface area contributed by atoms with E-state index < -0.39 is 24.0 Å². The minimum absolute atomic E-state index is 0.0946. The molecule has 2 rings (SSSR count). The normalized spacial score (nSPS) is 11.7. The maximum atomic E-state index is 13.1. The first-order valence-corrected chi connectivity index (χ1v) is 6.03. The van der Waals surface area contributed by atoms with Crippen LogP contribution in [-0.2, 0) is 13.2 Å². The molecule has 108 valence electrons. The lowest BCUT2D eigenvalue weighted by molar-refractivity contribution is 0.305. The number of hydrogen-bond acceptors (Lipinski definition) is 2. The smallest absolute Gasteiger partial charge is 0.492 e. The highest BCUT2D eigenvalue weighted by atomic mass is 19.4. The van der Waals surface area contributed by atoms with E-state index in [2.05, 4.69) is 5.10 Å². The number of aryl methyl sites for hydroxylation is 1. The molecule has 0 N–H and O–H groups in total. The van der Waals surface area contributed by atoms with Crippen LogP contribution in [0.25, 0.3) is 0 Å². The van der Waals surface area contributed by atoms with Gasteiger partial charge in [-0.2, -0.15) is 5.10 Å². The fourth-order valence-electron chi connectivity index (χ4n) is 1.72. The molecule has 0 fully saturated rings. The second-order valence-corrected chi connectivity index (χ2v) is 4.25. The van der Waals surface area contributed by atoms with Gasteiger partial charge in [0.05, 0.1) is 11.9 Å². The fraction of sp³-hybridized carbons (Fsp3) is 0.250. The first kappa shape index (κ1) is 14.4. The van der Waals surface area contributed by atoms with Crippen molar-refractivity contribution in [2.45, 2.75) is 20.1 Å². The van der Waals surface area contributed by atoms with Gasteiger partial charge in [-0.05, 0) is 13.0 Å². The van der Waals surface area contributed by atoms with Gasteiger partial charge >= 0.3 is 6.98 Å².